The second-order valence-corrected chi connectivity index (χ2v) is 9.93. The molecule has 100 valence electrons. The van der Waals surface area contributed by atoms with Gasteiger partial charge in [0.25, 0.3) is 0 Å². The van der Waals surface area contributed by atoms with Crippen LogP contribution in [0.15, 0.2) is 22.3 Å². The van der Waals surface area contributed by atoms with E-state index in [0.29, 0.717) is 0 Å². The Morgan fingerprint density at radius 1 is 0.350 bits per heavy atom. The zero-order valence-electron chi connectivity index (χ0n) is 11.8. The Bertz CT molecular complexity index is 552. The van der Waals surface area contributed by atoms with Crippen molar-refractivity contribution < 1.29 is 0 Å². The van der Waals surface area contributed by atoms with Gasteiger partial charge in [0, 0.05) is 0 Å². The van der Waals surface area contributed by atoms with Crippen molar-refractivity contribution in [2.75, 3.05) is 0 Å². The van der Waals surface area contributed by atoms with Gasteiger partial charge in [0.1, 0.15) is 0 Å². The second-order valence-electron chi connectivity index (χ2n) is 9.93. The topological polar surface area (TPSA) is 0 Å². The molecule has 0 saturated heterocycles. The predicted octanol–water partition coefficient (Wildman–Crippen LogP) is 3.66. The van der Waals surface area contributed by atoms with Crippen molar-refractivity contribution in [3.05, 3.63) is 22.3 Å². The number of hydrogen-bond acceptors (Lipinski definition) is 0. The number of rotatable bonds is 0. The molecule has 8 aliphatic rings. The quantitative estimate of drug-likeness (QED) is 0.583. The molecule has 0 aromatic carbocycles. The monoisotopic (exact) mass is 260 g/mol. The minimum Gasteiger partial charge on any atom is -0.0636 e. The Labute approximate surface area is 119 Å². The zero-order valence-corrected chi connectivity index (χ0v) is 11.8. The first-order chi connectivity index (χ1) is 9.93. The molecule has 4 saturated carbocycles. The van der Waals surface area contributed by atoms with Crippen molar-refractivity contribution in [2.24, 2.45) is 71.0 Å². The van der Waals surface area contributed by atoms with Gasteiger partial charge in [-0.3, -0.25) is 0 Å². The van der Waals surface area contributed by atoms with Crippen LogP contribution in [0.3, 0.4) is 0 Å². The van der Waals surface area contributed by atoms with E-state index in [1.807, 2.05) is 0 Å². The van der Waals surface area contributed by atoms with Gasteiger partial charge in [0.15, 0.2) is 0 Å². The van der Waals surface area contributed by atoms with Crippen LogP contribution in [0.1, 0.15) is 25.7 Å². The van der Waals surface area contributed by atoms with Gasteiger partial charge in [-0.15, -0.1) is 0 Å². The van der Waals surface area contributed by atoms with Crippen molar-refractivity contribution in [3.8, 4) is 0 Å². The molecule has 0 amide bonds. The first-order valence-electron chi connectivity index (χ1n) is 9.41. The van der Waals surface area contributed by atoms with E-state index in [9.17, 15) is 0 Å². The Morgan fingerprint density at radius 3 is 0.750 bits per heavy atom. The maximum atomic E-state index is 2.15. The Balaban J connectivity index is 1.57. The SMILES string of the molecule is C1[C@@H]2C3=C4[C@@H]5C[C@@H]6C7=C([C@H]1C6C25)[C@@H]1C[C@H]3C2C1[C@@H]7C[C@@H]42. The molecule has 4 unspecified atom stereocenters. The number of fused-ring (bicyclic) bond motifs is 8. The van der Waals surface area contributed by atoms with Gasteiger partial charge >= 0.3 is 0 Å². The summed E-state index contributed by atoms with van der Waals surface area (Å²) in [5, 5.41) is 0. The third-order valence-corrected chi connectivity index (χ3v) is 10.5. The molecule has 0 heteroatoms. The van der Waals surface area contributed by atoms with E-state index in [4.69, 9.17) is 0 Å². The lowest BCUT2D eigenvalue weighted by molar-refractivity contribution is 0.247. The molecule has 0 bridgehead atoms. The van der Waals surface area contributed by atoms with Crippen LogP contribution in [0, 0.1) is 71.0 Å². The summed E-state index contributed by atoms with van der Waals surface area (Å²) in [6, 6.07) is 0. The average Bonchev–Trinajstić information content (AvgIpc) is 3.06. The van der Waals surface area contributed by atoms with Crippen molar-refractivity contribution in [2.45, 2.75) is 25.7 Å². The summed E-state index contributed by atoms with van der Waals surface area (Å²) in [5.41, 5.74) is 8.60. The van der Waals surface area contributed by atoms with Gasteiger partial charge in [-0.05, 0) is 96.7 Å². The highest BCUT2D eigenvalue weighted by atomic mass is 14.8. The maximum absolute atomic E-state index is 2.15. The third-order valence-electron chi connectivity index (χ3n) is 10.5. The van der Waals surface area contributed by atoms with Gasteiger partial charge in [0.2, 0.25) is 0 Å². The summed E-state index contributed by atoms with van der Waals surface area (Å²) in [4.78, 5) is 0. The highest BCUT2D eigenvalue weighted by Crippen LogP contribution is 2.86. The van der Waals surface area contributed by atoms with Gasteiger partial charge in [-0.25, -0.2) is 0 Å². The van der Waals surface area contributed by atoms with E-state index >= 15 is 0 Å². The summed E-state index contributed by atoms with van der Waals surface area (Å²) >= 11 is 0. The molecule has 4 fully saturated rings. The molecular formula is C20H20. The van der Waals surface area contributed by atoms with E-state index in [1.54, 1.807) is 25.7 Å². The van der Waals surface area contributed by atoms with Gasteiger partial charge in [0.05, 0.1) is 0 Å². The summed E-state index contributed by atoms with van der Waals surface area (Å²) in [7, 11) is 0. The first-order valence-corrected chi connectivity index (χ1v) is 9.41. The van der Waals surface area contributed by atoms with Gasteiger partial charge in [-0.1, -0.05) is 22.3 Å². The number of hydrogen-bond donors (Lipinski definition) is 0. The van der Waals surface area contributed by atoms with Crippen LogP contribution in [0.2, 0.25) is 0 Å². The van der Waals surface area contributed by atoms with Crippen LogP contribution in [0.4, 0.5) is 0 Å². The van der Waals surface area contributed by atoms with Crippen LogP contribution in [0.25, 0.3) is 0 Å². The molecule has 0 heterocycles. The van der Waals surface area contributed by atoms with E-state index in [0.717, 1.165) is 47.3 Å². The maximum Gasteiger partial charge on any atom is -0.0154 e. The molecule has 0 spiro atoms. The molecule has 0 N–H and O–H groups in total. The molecule has 8 rings (SSSR count). The minimum absolute atomic E-state index is 1.11. The molecule has 8 aliphatic carbocycles. The molecule has 20 heavy (non-hydrogen) atoms. The van der Waals surface area contributed by atoms with E-state index in [1.165, 1.54) is 23.7 Å². The van der Waals surface area contributed by atoms with Crippen LogP contribution in [-0.2, 0) is 0 Å². The standard InChI is InChI=1S/C20H20/c1-5-13-7-2-8-14(13)6(1)18-10-3-9-15-11(19(7)17(5)9)4-12(16(10)15)20(8)18/h5-16H,1-4H2/t5-,6+,7+,8-,9-,10+,11+,12-,13?,14?,15?,16?. The highest BCUT2D eigenvalue weighted by molar-refractivity contribution is 5.56. The lowest BCUT2D eigenvalue weighted by atomic mass is 9.75. The van der Waals surface area contributed by atoms with E-state index in [2.05, 4.69) is 22.3 Å². The summed E-state index contributed by atoms with van der Waals surface area (Å²) in [5.74, 6) is 13.5. The Kier molecular flexibility index (Phi) is 0.939. The lowest BCUT2D eigenvalue weighted by Crippen LogP contribution is -2.25. The highest BCUT2D eigenvalue weighted by Gasteiger charge is 2.78. The second kappa shape index (κ2) is 2.13. The predicted molar refractivity (Wildman–Crippen MR) is 74.4 cm³/mol. The van der Waals surface area contributed by atoms with Crippen LogP contribution >= 0.6 is 0 Å². The van der Waals surface area contributed by atoms with Crippen LogP contribution in [-0.4, -0.2) is 0 Å². The molecular weight excluding hydrogens is 240 g/mol. The molecule has 0 aromatic rings. The molecule has 0 nitrogen and oxygen atoms in total. The zero-order chi connectivity index (χ0) is 12.1. The number of allylic oxidation sites excluding steroid dienone is 4. The van der Waals surface area contributed by atoms with Crippen LogP contribution < -0.4 is 0 Å². The largest absolute Gasteiger partial charge is 0.0636 e. The first kappa shape index (κ1) is 8.81. The lowest BCUT2D eigenvalue weighted by Gasteiger charge is -2.28. The molecule has 0 aromatic heterocycles. The minimum atomic E-state index is 1.11. The fraction of sp³-hybridized carbons (Fsp3) is 0.800. The molecule has 0 radical (unpaired) electrons. The molecule has 0 aliphatic heterocycles. The Morgan fingerprint density at radius 2 is 0.550 bits per heavy atom. The van der Waals surface area contributed by atoms with E-state index in [-0.39, 0.29) is 0 Å². The van der Waals surface area contributed by atoms with Crippen LogP contribution in [0.5, 0.6) is 0 Å². The average molecular weight is 260 g/mol. The fourth-order valence-electron chi connectivity index (χ4n) is 11.1. The normalized spacial score (nSPS) is 76.8. The van der Waals surface area contributed by atoms with E-state index < -0.39 is 0 Å². The molecule has 12 atom stereocenters. The summed E-state index contributed by atoms with van der Waals surface area (Å²) < 4.78 is 0. The van der Waals surface area contributed by atoms with Gasteiger partial charge < -0.3 is 0 Å². The van der Waals surface area contributed by atoms with Crippen molar-refractivity contribution >= 4 is 0 Å². The van der Waals surface area contributed by atoms with Crippen molar-refractivity contribution in [1.82, 2.24) is 0 Å². The Hall–Kier alpha value is -0.520. The van der Waals surface area contributed by atoms with Crippen molar-refractivity contribution in [3.63, 3.8) is 0 Å². The third kappa shape index (κ3) is 0.521. The van der Waals surface area contributed by atoms with Crippen molar-refractivity contribution in [1.29, 1.82) is 0 Å². The smallest absolute Gasteiger partial charge is 0.0154 e. The fourth-order valence-corrected chi connectivity index (χ4v) is 11.1. The summed E-state index contributed by atoms with van der Waals surface area (Å²) in [6.45, 7) is 0. The van der Waals surface area contributed by atoms with Gasteiger partial charge in [-0.2, -0.15) is 0 Å². The summed E-state index contributed by atoms with van der Waals surface area (Å²) in [6.07, 6.45) is 6.52.